The van der Waals surface area contributed by atoms with Gasteiger partial charge in [0.1, 0.15) is 5.82 Å². The van der Waals surface area contributed by atoms with Gasteiger partial charge < -0.3 is 10.3 Å². The average Bonchev–Trinajstić information content (AvgIpc) is 3.12. The van der Waals surface area contributed by atoms with Crippen LogP contribution in [0.4, 0.5) is 0 Å². The zero-order valence-corrected chi connectivity index (χ0v) is 11.6. The normalized spacial score (nSPS) is 11.0. The first-order chi connectivity index (χ1) is 9.28. The minimum absolute atomic E-state index is 0.479. The predicted molar refractivity (Wildman–Crippen MR) is 71.3 cm³/mol. The van der Waals surface area contributed by atoms with E-state index >= 15 is 0 Å². The van der Waals surface area contributed by atoms with Gasteiger partial charge in [0.25, 0.3) is 0 Å². The molecule has 0 aliphatic rings. The molecule has 0 amide bonds. The van der Waals surface area contributed by atoms with E-state index < -0.39 is 0 Å². The summed E-state index contributed by atoms with van der Waals surface area (Å²) in [4.78, 5) is 4.35. The van der Waals surface area contributed by atoms with Crippen LogP contribution in [0, 0.1) is 0 Å². The van der Waals surface area contributed by atoms with Crippen LogP contribution in [0.15, 0.2) is 32.3 Å². The zero-order chi connectivity index (χ0) is 13.2. The van der Waals surface area contributed by atoms with Crippen LogP contribution in [0.25, 0.3) is 11.6 Å². The number of aromatic nitrogens is 5. The third-order valence-electron chi connectivity index (χ3n) is 2.35. The topological polar surface area (TPSA) is 95.7 Å². The molecule has 0 unspecified atom stereocenters. The van der Waals surface area contributed by atoms with E-state index in [1.807, 2.05) is 6.92 Å². The predicted octanol–water partition coefficient (Wildman–Crippen LogP) is 1.82. The summed E-state index contributed by atoms with van der Waals surface area (Å²) in [7, 11) is 0. The van der Waals surface area contributed by atoms with Gasteiger partial charge in [-0.3, -0.25) is 0 Å². The Bertz CT molecular complexity index is 674. The number of nitrogens with zero attached hydrogens (tertiary/aromatic N) is 5. The number of hydrogen-bond acceptors (Lipinski definition) is 8. The van der Waals surface area contributed by atoms with E-state index in [1.165, 1.54) is 28.0 Å². The van der Waals surface area contributed by atoms with Crippen molar-refractivity contribution in [1.82, 2.24) is 24.2 Å². The van der Waals surface area contributed by atoms with Gasteiger partial charge in [0.15, 0.2) is 10.1 Å². The Morgan fingerprint density at radius 1 is 1.47 bits per heavy atom. The summed E-state index contributed by atoms with van der Waals surface area (Å²) in [6, 6.07) is 3.55. The molecule has 0 saturated heterocycles. The molecule has 9 heteroatoms. The molecule has 0 fully saturated rings. The van der Waals surface area contributed by atoms with E-state index in [4.69, 9.17) is 10.3 Å². The summed E-state index contributed by atoms with van der Waals surface area (Å²) < 4.78 is 11.6. The number of rotatable bonds is 4. The third kappa shape index (κ3) is 2.34. The highest BCUT2D eigenvalue weighted by Gasteiger charge is 2.16. The molecule has 0 aliphatic heterocycles. The Kier molecular flexibility index (Phi) is 3.22. The summed E-state index contributed by atoms with van der Waals surface area (Å²) in [6.07, 6.45) is 2.37. The van der Waals surface area contributed by atoms with Crippen LogP contribution in [0.2, 0.25) is 0 Å². The van der Waals surface area contributed by atoms with Gasteiger partial charge in [-0.15, -0.1) is 10.2 Å². The molecule has 0 spiro atoms. The molecule has 3 rings (SSSR count). The molecular weight excluding hydrogens is 284 g/mol. The number of nitrogens with two attached hydrogens (primary N) is 1. The second-order valence-corrected chi connectivity index (χ2v) is 5.55. The quantitative estimate of drug-likeness (QED) is 0.733. The smallest absolute Gasteiger partial charge is 0.218 e. The molecule has 0 saturated carbocycles. The SMILES string of the molecule is CCc1nsc(Sc2nnc(-c3ccco3)n2N)n1. The molecule has 2 N–H and O–H groups in total. The lowest BCUT2D eigenvalue weighted by molar-refractivity contribution is 0.574. The standard InChI is InChI=1S/C10H10N6OS2/c1-2-7-12-10(19-15-7)18-9-14-13-8(16(9)11)6-4-3-5-17-6/h3-5H,2,11H2,1H3. The third-order valence-corrected chi connectivity index (χ3v) is 4.10. The minimum atomic E-state index is 0.479. The number of aryl methyl sites for hydroxylation is 1. The van der Waals surface area contributed by atoms with E-state index in [0.717, 1.165) is 16.6 Å². The number of furan rings is 1. The summed E-state index contributed by atoms with van der Waals surface area (Å²) >= 11 is 2.66. The first kappa shape index (κ1) is 12.2. The van der Waals surface area contributed by atoms with Crippen molar-refractivity contribution in [1.29, 1.82) is 0 Å². The highest BCUT2D eigenvalue weighted by molar-refractivity contribution is 8.00. The van der Waals surface area contributed by atoms with Crippen LogP contribution in [-0.2, 0) is 6.42 Å². The molecule has 3 aromatic rings. The van der Waals surface area contributed by atoms with Crippen LogP contribution >= 0.6 is 23.3 Å². The number of nitrogen functional groups attached to an aromatic ring is 1. The van der Waals surface area contributed by atoms with Gasteiger partial charge in [-0.25, -0.2) is 9.66 Å². The van der Waals surface area contributed by atoms with Crippen molar-refractivity contribution in [2.45, 2.75) is 22.8 Å². The van der Waals surface area contributed by atoms with Gasteiger partial charge in [-0.2, -0.15) is 4.37 Å². The first-order valence-electron chi connectivity index (χ1n) is 5.52. The van der Waals surface area contributed by atoms with Crippen LogP contribution in [0.3, 0.4) is 0 Å². The van der Waals surface area contributed by atoms with Crippen molar-refractivity contribution in [3.63, 3.8) is 0 Å². The van der Waals surface area contributed by atoms with Gasteiger partial charge in [-0.1, -0.05) is 6.92 Å². The lowest BCUT2D eigenvalue weighted by Gasteiger charge is -1.98. The number of hydrogen-bond donors (Lipinski definition) is 1. The van der Waals surface area contributed by atoms with E-state index in [1.54, 1.807) is 18.4 Å². The van der Waals surface area contributed by atoms with Crippen LogP contribution in [0.5, 0.6) is 0 Å². The second kappa shape index (κ2) is 5.02. The monoisotopic (exact) mass is 294 g/mol. The molecule has 19 heavy (non-hydrogen) atoms. The van der Waals surface area contributed by atoms with Crippen LogP contribution in [-0.4, -0.2) is 24.2 Å². The lowest BCUT2D eigenvalue weighted by Crippen LogP contribution is -2.11. The van der Waals surface area contributed by atoms with Crippen molar-refractivity contribution >= 4 is 23.3 Å². The summed E-state index contributed by atoms with van der Waals surface area (Å²) in [5, 5.41) is 8.59. The van der Waals surface area contributed by atoms with Gasteiger partial charge in [0.2, 0.25) is 11.0 Å². The van der Waals surface area contributed by atoms with Crippen molar-refractivity contribution < 1.29 is 4.42 Å². The van der Waals surface area contributed by atoms with Crippen molar-refractivity contribution in [3.05, 3.63) is 24.2 Å². The molecule has 0 aromatic carbocycles. The molecule has 0 bridgehead atoms. The van der Waals surface area contributed by atoms with Gasteiger partial charge in [0, 0.05) is 6.42 Å². The fraction of sp³-hybridized carbons (Fsp3) is 0.200. The van der Waals surface area contributed by atoms with Crippen molar-refractivity contribution in [2.24, 2.45) is 0 Å². The molecule has 7 nitrogen and oxygen atoms in total. The maximum Gasteiger partial charge on any atom is 0.218 e. The minimum Gasteiger partial charge on any atom is -0.461 e. The Morgan fingerprint density at radius 2 is 2.37 bits per heavy atom. The Labute approximate surface area is 117 Å². The van der Waals surface area contributed by atoms with E-state index in [-0.39, 0.29) is 0 Å². The first-order valence-corrected chi connectivity index (χ1v) is 7.11. The van der Waals surface area contributed by atoms with Crippen molar-refractivity contribution in [2.75, 3.05) is 5.84 Å². The van der Waals surface area contributed by atoms with Crippen LogP contribution < -0.4 is 5.84 Å². The van der Waals surface area contributed by atoms with E-state index in [0.29, 0.717) is 16.7 Å². The summed E-state index contributed by atoms with van der Waals surface area (Å²) in [6.45, 7) is 2.01. The van der Waals surface area contributed by atoms with E-state index in [2.05, 4.69) is 19.6 Å². The molecule has 0 atom stereocenters. The second-order valence-electron chi connectivity index (χ2n) is 3.59. The Balaban J connectivity index is 1.86. The highest BCUT2D eigenvalue weighted by Crippen LogP contribution is 2.29. The Hall–Kier alpha value is -1.87. The van der Waals surface area contributed by atoms with Crippen LogP contribution in [0.1, 0.15) is 12.7 Å². The summed E-state index contributed by atoms with van der Waals surface area (Å²) in [5.74, 6) is 7.83. The Morgan fingerprint density at radius 3 is 3.05 bits per heavy atom. The highest BCUT2D eigenvalue weighted by atomic mass is 32.2. The molecular formula is C10H10N6OS2. The van der Waals surface area contributed by atoms with Crippen molar-refractivity contribution in [3.8, 4) is 11.6 Å². The zero-order valence-electron chi connectivity index (χ0n) is 9.98. The lowest BCUT2D eigenvalue weighted by atomic mass is 10.4. The molecule has 3 heterocycles. The van der Waals surface area contributed by atoms with E-state index in [9.17, 15) is 0 Å². The fourth-order valence-corrected chi connectivity index (χ4v) is 2.98. The fourth-order valence-electron chi connectivity index (χ4n) is 1.42. The molecule has 3 aromatic heterocycles. The molecule has 0 aliphatic carbocycles. The van der Waals surface area contributed by atoms with Gasteiger partial charge in [-0.05, 0) is 35.4 Å². The van der Waals surface area contributed by atoms with Gasteiger partial charge in [0.05, 0.1) is 6.26 Å². The largest absolute Gasteiger partial charge is 0.461 e. The summed E-state index contributed by atoms with van der Waals surface area (Å²) in [5.41, 5.74) is 0. The molecule has 98 valence electrons. The maximum atomic E-state index is 5.95. The molecule has 0 radical (unpaired) electrons. The van der Waals surface area contributed by atoms with Gasteiger partial charge >= 0.3 is 0 Å². The average molecular weight is 294 g/mol. The maximum absolute atomic E-state index is 5.95.